The normalized spacial score (nSPS) is 18.5. The highest BCUT2D eigenvalue weighted by molar-refractivity contribution is 5.80. The van der Waals surface area contributed by atoms with Gasteiger partial charge in [-0.3, -0.25) is 9.89 Å². The van der Waals surface area contributed by atoms with Gasteiger partial charge in [-0.05, 0) is 18.9 Å². The Balaban J connectivity index is 1.78. The highest BCUT2D eigenvalue weighted by atomic mass is 19.4. The van der Waals surface area contributed by atoms with Gasteiger partial charge in [0.25, 0.3) is 0 Å². The number of hydrogen-bond acceptors (Lipinski definition) is 5. The Labute approximate surface area is 164 Å². The molecule has 0 saturated carbocycles. The lowest BCUT2D eigenvalue weighted by Crippen LogP contribution is -2.42. The van der Waals surface area contributed by atoms with Crippen LogP contribution in [0.3, 0.4) is 0 Å². The van der Waals surface area contributed by atoms with Crippen molar-refractivity contribution >= 4 is 5.96 Å². The van der Waals surface area contributed by atoms with Crippen molar-refractivity contribution in [1.82, 2.24) is 25.3 Å². The summed E-state index contributed by atoms with van der Waals surface area (Å²) in [5.74, 6) is 2.45. The van der Waals surface area contributed by atoms with Crippen LogP contribution in [0.2, 0.25) is 0 Å². The van der Waals surface area contributed by atoms with Gasteiger partial charge in [-0.15, -0.1) is 0 Å². The molecule has 1 aromatic rings. The average molecular weight is 404 g/mol. The van der Waals surface area contributed by atoms with Crippen LogP contribution in [0.1, 0.15) is 44.8 Å². The Morgan fingerprint density at radius 3 is 2.75 bits per heavy atom. The van der Waals surface area contributed by atoms with Gasteiger partial charge in [0.1, 0.15) is 0 Å². The maximum Gasteiger partial charge on any atom is 0.401 e. The summed E-state index contributed by atoms with van der Waals surface area (Å²) in [6.07, 6.45) is -2.71. The van der Waals surface area contributed by atoms with Gasteiger partial charge >= 0.3 is 6.18 Å². The predicted octanol–water partition coefficient (Wildman–Crippen LogP) is 2.52. The second-order valence-electron chi connectivity index (χ2n) is 7.47. The molecule has 1 aliphatic heterocycles. The van der Waals surface area contributed by atoms with E-state index >= 15 is 0 Å². The average Bonchev–Trinajstić information content (AvgIpc) is 3.26. The maximum absolute atomic E-state index is 12.7. The zero-order chi connectivity index (χ0) is 20.7. The van der Waals surface area contributed by atoms with E-state index in [0.29, 0.717) is 44.3 Å². The number of aliphatic imine (C=N–C) groups is 1. The van der Waals surface area contributed by atoms with E-state index in [1.165, 1.54) is 4.90 Å². The third-order valence-corrected chi connectivity index (χ3v) is 4.79. The smallest absolute Gasteiger partial charge is 0.356 e. The molecule has 160 valence electrons. The van der Waals surface area contributed by atoms with Crippen molar-refractivity contribution in [2.45, 2.75) is 45.7 Å². The molecule has 0 spiro atoms. The second kappa shape index (κ2) is 10.1. The minimum Gasteiger partial charge on any atom is -0.356 e. The topological polar surface area (TPSA) is 69.8 Å². The summed E-state index contributed by atoms with van der Waals surface area (Å²) < 4.78 is 43.2. The molecule has 1 atom stereocenters. The molecule has 0 amide bonds. The first-order valence-electron chi connectivity index (χ1n) is 9.79. The number of hydrogen-bond donors (Lipinski definition) is 1. The molecule has 1 aliphatic rings. The first-order chi connectivity index (χ1) is 13.2. The van der Waals surface area contributed by atoms with Crippen LogP contribution in [-0.2, 0) is 6.42 Å². The van der Waals surface area contributed by atoms with E-state index in [9.17, 15) is 13.2 Å². The molecule has 2 heterocycles. The first-order valence-corrected chi connectivity index (χ1v) is 9.79. The molecule has 1 N–H and O–H groups in total. The zero-order valence-electron chi connectivity index (χ0n) is 17.1. The minimum absolute atomic E-state index is 0.199. The summed E-state index contributed by atoms with van der Waals surface area (Å²) in [4.78, 5) is 12.2. The fourth-order valence-electron chi connectivity index (χ4n) is 3.32. The molecule has 1 aromatic heterocycles. The number of halogens is 3. The van der Waals surface area contributed by atoms with Crippen LogP contribution < -0.4 is 5.32 Å². The van der Waals surface area contributed by atoms with E-state index in [2.05, 4.69) is 25.3 Å². The van der Waals surface area contributed by atoms with Gasteiger partial charge in [-0.2, -0.15) is 18.2 Å². The summed E-state index contributed by atoms with van der Waals surface area (Å²) in [6.45, 7) is 7.85. The highest BCUT2D eigenvalue weighted by Gasteiger charge is 2.33. The van der Waals surface area contributed by atoms with Gasteiger partial charge in [-0.25, -0.2) is 0 Å². The van der Waals surface area contributed by atoms with E-state index in [1.54, 1.807) is 14.0 Å². The molecule has 0 bridgehead atoms. The van der Waals surface area contributed by atoms with Gasteiger partial charge < -0.3 is 14.7 Å². The zero-order valence-corrected chi connectivity index (χ0v) is 17.1. The molecule has 1 unspecified atom stereocenters. The lowest BCUT2D eigenvalue weighted by molar-refractivity contribution is -0.146. The largest absolute Gasteiger partial charge is 0.401 e. The molecule has 28 heavy (non-hydrogen) atoms. The van der Waals surface area contributed by atoms with Gasteiger partial charge in [0.05, 0.1) is 6.54 Å². The van der Waals surface area contributed by atoms with Crippen molar-refractivity contribution in [3.63, 3.8) is 0 Å². The van der Waals surface area contributed by atoms with E-state index in [1.807, 2.05) is 13.8 Å². The quantitative estimate of drug-likeness (QED) is 0.530. The number of guanidine groups is 1. The summed E-state index contributed by atoms with van der Waals surface area (Å²) in [6, 6.07) is 0. The predicted molar refractivity (Wildman–Crippen MR) is 101 cm³/mol. The highest BCUT2D eigenvalue weighted by Crippen LogP contribution is 2.21. The third kappa shape index (κ3) is 6.96. The Kier molecular flexibility index (Phi) is 8.09. The van der Waals surface area contributed by atoms with E-state index in [-0.39, 0.29) is 11.8 Å². The Bertz CT molecular complexity index is 631. The van der Waals surface area contributed by atoms with Crippen LogP contribution in [0.25, 0.3) is 0 Å². The molecule has 7 nitrogen and oxygen atoms in total. The fraction of sp³-hybridized carbons (Fsp3) is 0.833. The van der Waals surface area contributed by atoms with Crippen LogP contribution in [-0.4, -0.2) is 78.4 Å². The Morgan fingerprint density at radius 2 is 2.18 bits per heavy atom. The van der Waals surface area contributed by atoms with Crippen LogP contribution >= 0.6 is 0 Å². The van der Waals surface area contributed by atoms with Crippen LogP contribution in [0.4, 0.5) is 13.2 Å². The summed E-state index contributed by atoms with van der Waals surface area (Å²) in [7, 11) is 1.71. The monoisotopic (exact) mass is 404 g/mol. The molecule has 0 aliphatic carbocycles. The number of nitrogens with one attached hydrogen (secondary N) is 1. The Hall–Kier alpha value is -1.84. The van der Waals surface area contributed by atoms with Gasteiger partial charge in [0, 0.05) is 45.6 Å². The van der Waals surface area contributed by atoms with Crippen molar-refractivity contribution in [2.75, 3.05) is 46.3 Å². The van der Waals surface area contributed by atoms with Gasteiger partial charge in [0.15, 0.2) is 11.8 Å². The third-order valence-electron chi connectivity index (χ3n) is 4.79. The van der Waals surface area contributed by atoms with Crippen LogP contribution in [0, 0.1) is 5.92 Å². The molecule has 10 heteroatoms. The molecular formula is C18H31F3N6O. The van der Waals surface area contributed by atoms with Crippen LogP contribution in [0.5, 0.6) is 0 Å². The number of alkyl halides is 3. The number of likely N-dealkylation sites (tertiary alicyclic amines) is 1. The summed E-state index contributed by atoms with van der Waals surface area (Å²) in [5, 5.41) is 7.22. The second-order valence-corrected chi connectivity index (χ2v) is 7.47. The molecule has 1 fully saturated rings. The van der Waals surface area contributed by atoms with Crippen LogP contribution in [0.15, 0.2) is 9.52 Å². The fourth-order valence-corrected chi connectivity index (χ4v) is 3.32. The molecular weight excluding hydrogens is 373 g/mol. The van der Waals surface area contributed by atoms with Gasteiger partial charge in [-0.1, -0.05) is 25.9 Å². The maximum atomic E-state index is 12.7. The minimum atomic E-state index is -4.16. The summed E-state index contributed by atoms with van der Waals surface area (Å²) in [5.41, 5.74) is 0. The summed E-state index contributed by atoms with van der Waals surface area (Å²) >= 11 is 0. The molecule has 1 saturated heterocycles. The molecule has 2 rings (SSSR count). The standard InChI is InChI=1S/C18H31F3N6O/c1-5-26(12-18(19,20)21)10-14-7-9-27(11-14)17(22-4)23-8-6-15-24-16(13(2)3)25-28-15/h13-14H,5-12H2,1-4H3,(H,22,23). The van der Waals surface area contributed by atoms with Crippen molar-refractivity contribution in [3.8, 4) is 0 Å². The Morgan fingerprint density at radius 1 is 1.43 bits per heavy atom. The SMILES string of the molecule is CCN(CC1CCN(C(=NC)NCCc2nc(C(C)C)no2)C1)CC(F)(F)F. The molecule has 0 aromatic carbocycles. The van der Waals surface area contributed by atoms with Crippen molar-refractivity contribution < 1.29 is 17.7 Å². The number of nitrogens with zero attached hydrogens (tertiary/aromatic N) is 5. The van der Waals surface area contributed by atoms with E-state index in [0.717, 1.165) is 18.9 Å². The van der Waals surface area contributed by atoms with E-state index < -0.39 is 12.7 Å². The van der Waals surface area contributed by atoms with Crippen molar-refractivity contribution in [3.05, 3.63) is 11.7 Å². The number of aromatic nitrogens is 2. The molecule has 0 radical (unpaired) electrons. The van der Waals surface area contributed by atoms with Gasteiger partial charge in [0.2, 0.25) is 5.89 Å². The van der Waals surface area contributed by atoms with Crippen molar-refractivity contribution in [1.29, 1.82) is 0 Å². The lowest BCUT2D eigenvalue weighted by Gasteiger charge is -2.26. The lowest BCUT2D eigenvalue weighted by atomic mass is 10.1. The van der Waals surface area contributed by atoms with Crippen molar-refractivity contribution in [2.24, 2.45) is 10.9 Å². The number of rotatable bonds is 8. The first kappa shape index (κ1) is 22.4. The van der Waals surface area contributed by atoms with E-state index in [4.69, 9.17) is 4.52 Å².